The molecule has 25 heavy (non-hydrogen) atoms. The van der Waals surface area contributed by atoms with E-state index in [0.717, 1.165) is 28.4 Å². The summed E-state index contributed by atoms with van der Waals surface area (Å²) in [5.74, 6) is 0.564. The molecule has 0 fully saturated rings. The Bertz CT molecular complexity index is 917. The Labute approximate surface area is 146 Å². The summed E-state index contributed by atoms with van der Waals surface area (Å²) in [7, 11) is 0. The molecule has 2 heterocycles. The number of hydrogen-bond donors (Lipinski definition) is 1. The van der Waals surface area contributed by atoms with E-state index in [4.69, 9.17) is 4.74 Å². The highest BCUT2D eigenvalue weighted by atomic mass is 16.5. The largest absolute Gasteiger partial charge is 0.493 e. The van der Waals surface area contributed by atoms with E-state index < -0.39 is 0 Å². The van der Waals surface area contributed by atoms with Gasteiger partial charge in [0, 0.05) is 11.8 Å². The number of anilines is 1. The zero-order chi connectivity index (χ0) is 17.2. The summed E-state index contributed by atoms with van der Waals surface area (Å²) in [5, 5.41) is 7.52. The topological polar surface area (TPSA) is 56.2 Å². The molecule has 1 N–H and O–H groups in total. The number of carbonyl (C=O) groups is 1. The first kappa shape index (κ1) is 15.4. The highest BCUT2D eigenvalue weighted by Crippen LogP contribution is 2.34. The van der Waals surface area contributed by atoms with Gasteiger partial charge in [0.2, 0.25) is 5.91 Å². The van der Waals surface area contributed by atoms with Crippen LogP contribution in [0.2, 0.25) is 0 Å². The third kappa shape index (κ3) is 3.01. The molecule has 1 atom stereocenters. The van der Waals surface area contributed by atoms with E-state index in [1.54, 1.807) is 4.68 Å². The fourth-order valence-corrected chi connectivity index (χ4v) is 3.16. The number of rotatable bonds is 3. The summed E-state index contributed by atoms with van der Waals surface area (Å²) in [6, 6.07) is 17.4. The van der Waals surface area contributed by atoms with Crippen molar-refractivity contribution >= 4 is 11.6 Å². The number of para-hydroxylation sites is 3. The van der Waals surface area contributed by atoms with Crippen LogP contribution >= 0.6 is 0 Å². The van der Waals surface area contributed by atoms with Gasteiger partial charge in [-0.05, 0) is 37.6 Å². The Kier molecular flexibility index (Phi) is 3.98. The van der Waals surface area contributed by atoms with Crippen molar-refractivity contribution in [1.82, 2.24) is 9.78 Å². The van der Waals surface area contributed by atoms with E-state index in [1.807, 2.05) is 67.7 Å². The van der Waals surface area contributed by atoms with Gasteiger partial charge in [0.25, 0.3) is 0 Å². The van der Waals surface area contributed by atoms with Crippen molar-refractivity contribution in [2.24, 2.45) is 0 Å². The SMILES string of the molecule is Cc1ccn(-c2ccccc2NC(=O)[C@H]2CCOc3ccccc32)n1. The van der Waals surface area contributed by atoms with Gasteiger partial charge in [0.05, 0.1) is 29.6 Å². The molecule has 1 amide bonds. The fraction of sp³-hybridized carbons (Fsp3) is 0.200. The van der Waals surface area contributed by atoms with E-state index >= 15 is 0 Å². The molecule has 126 valence electrons. The molecular weight excluding hydrogens is 314 g/mol. The number of benzene rings is 2. The van der Waals surface area contributed by atoms with Crippen LogP contribution in [0.15, 0.2) is 60.8 Å². The highest BCUT2D eigenvalue weighted by Gasteiger charge is 2.27. The third-order valence-electron chi connectivity index (χ3n) is 4.41. The van der Waals surface area contributed by atoms with Crippen molar-refractivity contribution in [2.45, 2.75) is 19.3 Å². The third-order valence-corrected chi connectivity index (χ3v) is 4.41. The second-order valence-corrected chi connectivity index (χ2v) is 6.14. The van der Waals surface area contributed by atoms with Gasteiger partial charge in [-0.2, -0.15) is 5.10 Å². The van der Waals surface area contributed by atoms with Gasteiger partial charge >= 0.3 is 0 Å². The lowest BCUT2D eigenvalue weighted by molar-refractivity contribution is -0.118. The number of nitrogens with one attached hydrogen (secondary N) is 1. The number of aromatic nitrogens is 2. The van der Waals surface area contributed by atoms with Crippen molar-refractivity contribution < 1.29 is 9.53 Å². The van der Waals surface area contributed by atoms with E-state index in [9.17, 15) is 4.79 Å². The van der Waals surface area contributed by atoms with Crippen molar-refractivity contribution in [1.29, 1.82) is 0 Å². The van der Waals surface area contributed by atoms with Crippen LogP contribution < -0.4 is 10.1 Å². The van der Waals surface area contributed by atoms with Crippen molar-refractivity contribution in [3.63, 3.8) is 0 Å². The average Bonchev–Trinajstić information content (AvgIpc) is 3.08. The maximum atomic E-state index is 12.9. The lowest BCUT2D eigenvalue weighted by Crippen LogP contribution is -2.26. The highest BCUT2D eigenvalue weighted by molar-refractivity contribution is 5.98. The van der Waals surface area contributed by atoms with Crippen LogP contribution in [0, 0.1) is 6.92 Å². The van der Waals surface area contributed by atoms with Crippen LogP contribution in [0.1, 0.15) is 23.6 Å². The normalized spacial score (nSPS) is 16.0. The number of hydrogen-bond acceptors (Lipinski definition) is 3. The smallest absolute Gasteiger partial charge is 0.232 e. The number of nitrogens with zero attached hydrogens (tertiary/aromatic N) is 2. The Morgan fingerprint density at radius 1 is 1.16 bits per heavy atom. The minimum atomic E-state index is -0.211. The van der Waals surface area contributed by atoms with Crippen LogP contribution in [0.5, 0.6) is 5.75 Å². The summed E-state index contributed by atoms with van der Waals surface area (Å²) in [4.78, 5) is 12.9. The van der Waals surface area contributed by atoms with E-state index in [1.165, 1.54) is 0 Å². The van der Waals surface area contributed by atoms with Gasteiger partial charge in [-0.3, -0.25) is 4.79 Å². The van der Waals surface area contributed by atoms with Gasteiger partial charge < -0.3 is 10.1 Å². The van der Waals surface area contributed by atoms with E-state index in [-0.39, 0.29) is 11.8 Å². The summed E-state index contributed by atoms with van der Waals surface area (Å²) in [6.07, 6.45) is 2.57. The Morgan fingerprint density at radius 3 is 2.80 bits per heavy atom. The standard InChI is InChI=1S/C20H19N3O2/c1-14-10-12-23(22-14)18-8-4-3-7-17(18)21-20(24)16-11-13-25-19-9-5-2-6-15(16)19/h2-10,12,16H,11,13H2,1H3,(H,21,24)/t16-/m0/s1. The minimum absolute atomic E-state index is 0.0212. The molecule has 5 heteroatoms. The second-order valence-electron chi connectivity index (χ2n) is 6.14. The van der Waals surface area contributed by atoms with Gasteiger partial charge in [0.1, 0.15) is 5.75 Å². The first-order valence-corrected chi connectivity index (χ1v) is 8.36. The molecule has 1 aromatic heterocycles. The molecule has 0 spiro atoms. The number of amides is 1. The first-order valence-electron chi connectivity index (χ1n) is 8.36. The number of fused-ring (bicyclic) bond motifs is 1. The molecule has 4 rings (SSSR count). The molecule has 5 nitrogen and oxygen atoms in total. The fourth-order valence-electron chi connectivity index (χ4n) is 3.16. The molecule has 0 bridgehead atoms. The molecule has 1 aliphatic rings. The quantitative estimate of drug-likeness (QED) is 0.795. The van der Waals surface area contributed by atoms with Crippen LogP contribution in [-0.4, -0.2) is 22.3 Å². The Morgan fingerprint density at radius 2 is 1.96 bits per heavy atom. The summed E-state index contributed by atoms with van der Waals surface area (Å²) < 4.78 is 7.44. The van der Waals surface area contributed by atoms with E-state index in [0.29, 0.717) is 13.0 Å². The van der Waals surface area contributed by atoms with Gasteiger partial charge in [-0.25, -0.2) is 4.68 Å². The molecule has 0 saturated carbocycles. The van der Waals surface area contributed by atoms with Crippen molar-refractivity contribution in [3.05, 3.63) is 72.1 Å². The summed E-state index contributed by atoms with van der Waals surface area (Å²) in [5.41, 5.74) is 3.47. The van der Waals surface area contributed by atoms with Crippen LogP contribution in [-0.2, 0) is 4.79 Å². The Hall–Kier alpha value is -3.08. The van der Waals surface area contributed by atoms with Gasteiger partial charge in [-0.15, -0.1) is 0 Å². The first-order chi connectivity index (χ1) is 12.2. The van der Waals surface area contributed by atoms with Crippen LogP contribution in [0.4, 0.5) is 5.69 Å². The van der Waals surface area contributed by atoms with Crippen molar-refractivity contribution in [3.8, 4) is 11.4 Å². The Balaban J connectivity index is 1.63. The predicted molar refractivity (Wildman–Crippen MR) is 96.2 cm³/mol. The zero-order valence-corrected chi connectivity index (χ0v) is 14.0. The lowest BCUT2D eigenvalue weighted by Gasteiger charge is -2.25. The summed E-state index contributed by atoms with van der Waals surface area (Å²) >= 11 is 0. The molecular formula is C20H19N3O2. The van der Waals surface area contributed by atoms with E-state index in [2.05, 4.69) is 10.4 Å². The van der Waals surface area contributed by atoms with Gasteiger partial charge in [0.15, 0.2) is 0 Å². The van der Waals surface area contributed by atoms with Crippen LogP contribution in [0.25, 0.3) is 5.69 Å². The zero-order valence-electron chi connectivity index (χ0n) is 14.0. The van der Waals surface area contributed by atoms with Crippen molar-refractivity contribution in [2.75, 3.05) is 11.9 Å². The van der Waals surface area contributed by atoms with Crippen LogP contribution in [0.3, 0.4) is 0 Å². The molecule has 0 unspecified atom stereocenters. The second kappa shape index (κ2) is 6.43. The number of ether oxygens (including phenoxy) is 1. The minimum Gasteiger partial charge on any atom is -0.493 e. The molecule has 0 radical (unpaired) electrons. The average molecular weight is 333 g/mol. The molecule has 3 aromatic rings. The van der Waals surface area contributed by atoms with Gasteiger partial charge in [-0.1, -0.05) is 30.3 Å². The number of carbonyl (C=O) groups excluding carboxylic acids is 1. The molecule has 2 aromatic carbocycles. The molecule has 0 aliphatic carbocycles. The monoisotopic (exact) mass is 333 g/mol. The molecule has 1 aliphatic heterocycles. The predicted octanol–water partition coefficient (Wildman–Crippen LogP) is 3.69. The maximum absolute atomic E-state index is 12.9. The molecule has 0 saturated heterocycles. The lowest BCUT2D eigenvalue weighted by atomic mass is 9.92. The summed E-state index contributed by atoms with van der Waals surface area (Å²) in [6.45, 7) is 2.49. The maximum Gasteiger partial charge on any atom is 0.232 e. The number of aryl methyl sites for hydroxylation is 1.